The number of hydrogen-bond acceptors (Lipinski definition) is 6. The van der Waals surface area contributed by atoms with Crippen LogP contribution in [-0.4, -0.2) is 56.5 Å². The van der Waals surface area contributed by atoms with Crippen molar-refractivity contribution in [3.8, 4) is 0 Å². The zero-order valence-corrected chi connectivity index (χ0v) is 12.6. The van der Waals surface area contributed by atoms with Crippen molar-refractivity contribution in [1.82, 2.24) is 0 Å². The number of ether oxygens (including phenoxy) is 1. The molecule has 0 aromatic carbocycles. The van der Waals surface area contributed by atoms with Crippen LogP contribution in [0.25, 0.3) is 0 Å². The Morgan fingerprint density at radius 2 is 1.96 bits per heavy atom. The van der Waals surface area contributed by atoms with Gasteiger partial charge in [-0.25, -0.2) is 9.59 Å². The van der Waals surface area contributed by atoms with Gasteiger partial charge in [0.2, 0.25) is 0 Å². The van der Waals surface area contributed by atoms with Gasteiger partial charge in [0.05, 0.1) is 18.0 Å². The summed E-state index contributed by atoms with van der Waals surface area (Å²) in [6.45, 7) is 0. The molecular weight excluding hydrogens is 335 g/mol. The molecule has 1 heterocycles. The Kier molecular flexibility index (Phi) is 6.49. The van der Waals surface area contributed by atoms with Crippen molar-refractivity contribution in [1.29, 1.82) is 0 Å². The Labute approximate surface area is 130 Å². The molecule has 1 rings (SSSR count). The van der Waals surface area contributed by atoms with E-state index < -0.39 is 56.7 Å². The average Bonchev–Trinajstić information content (AvgIpc) is 2.42. The maximum absolute atomic E-state index is 12.0. The van der Waals surface area contributed by atoms with Gasteiger partial charge in [-0.1, -0.05) is 0 Å². The summed E-state index contributed by atoms with van der Waals surface area (Å²) in [5, 5.41) is 26.2. The van der Waals surface area contributed by atoms with Crippen LogP contribution >= 0.6 is 7.60 Å². The Morgan fingerprint density at radius 3 is 2.48 bits per heavy atom. The largest absolute Gasteiger partial charge is 0.493 e. The van der Waals surface area contributed by atoms with Gasteiger partial charge in [-0.15, -0.1) is 0 Å². The topological polar surface area (TPSA) is 168 Å². The molecule has 11 heteroatoms. The molecule has 1 aliphatic heterocycles. The summed E-state index contributed by atoms with van der Waals surface area (Å²) < 4.78 is 21.5. The van der Waals surface area contributed by atoms with Gasteiger partial charge in [-0.2, -0.15) is 0 Å². The SMILES string of the molecule is O=C(O)CCC(OP(=O)(O)CC1C=C(C(=O)O)C=CO1)C(=O)O. The van der Waals surface area contributed by atoms with Gasteiger partial charge in [0.15, 0.2) is 6.10 Å². The second-order valence-electron chi connectivity index (χ2n) is 4.59. The number of carboxylic acids is 3. The fourth-order valence-corrected chi connectivity index (χ4v) is 3.02. The normalized spacial score (nSPS) is 20.7. The highest BCUT2D eigenvalue weighted by Crippen LogP contribution is 2.45. The lowest BCUT2D eigenvalue weighted by atomic mass is 10.2. The third-order valence-corrected chi connectivity index (χ3v) is 4.12. The van der Waals surface area contributed by atoms with Crippen molar-refractivity contribution in [2.24, 2.45) is 0 Å². The quantitative estimate of drug-likeness (QED) is 0.428. The number of carbonyl (C=O) groups is 3. The number of rotatable bonds is 9. The fraction of sp³-hybridized carbons (Fsp3) is 0.417. The van der Waals surface area contributed by atoms with Crippen LogP contribution in [0, 0.1) is 0 Å². The molecule has 0 amide bonds. The maximum Gasteiger partial charge on any atom is 0.335 e. The zero-order valence-electron chi connectivity index (χ0n) is 11.7. The Balaban J connectivity index is 2.72. The van der Waals surface area contributed by atoms with Crippen LogP contribution in [-0.2, 0) is 28.2 Å². The van der Waals surface area contributed by atoms with Crippen LogP contribution in [0.2, 0.25) is 0 Å². The molecule has 3 unspecified atom stereocenters. The van der Waals surface area contributed by atoms with E-state index in [1.54, 1.807) is 0 Å². The van der Waals surface area contributed by atoms with E-state index in [1.807, 2.05) is 0 Å². The molecule has 23 heavy (non-hydrogen) atoms. The maximum atomic E-state index is 12.0. The van der Waals surface area contributed by atoms with Crippen molar-refractivity contribution >= 4 is 25.5 Å². The van der Waals surface area contributed by atoms with E-state index in [4.69, 9.17) is 20.1 Å². The highest BCUT2D eigenvalue weighted by atomic mass is 31.2. The van der Waals surface area contributed by atoms with Gasteiger partial charge in [0.25, 0.3) is 0 Å². The Morgan fingerprint density at radius 1 is 1.30 bits per heavy atom. The average molecular weight is 350 g/mol. The van der Waals surface area contributed by atoms with E-state index in [-0.39, 0.29) is 5.57 Å². The second kappa shape index (κ2) is 7.91. The molecule has 0 fully saturated rings. The predicted molar refractivity (Wildman–Crippen MR) is 73.8 cm³/mol. The summed E-state index contributed by atoms with van der Waals surface area (Å²) in [6, 6.07) is 0. The van der Waals surface area contributed by atoms with E-state index in [0.717, 1.165) is 18.4 Å². The molecule has 1 aliphatic rings. The van der Waals surface area contributed by atoms with E-state index in [2.05, 4.69) is 4.52 Å². The highest BCUT2D eigenvalue weighted by Gasteiger charge is 2.33. The first kappa shape index (κ1) is 18.9. The summed E-state index contributed by atoms with van der Waals surface area (Å²) in [7, 11) is -4.46. The lowest BCUT2D eigenvalue weighted by Crippen LogP contribution is -2.26. The molecule has 10 nitrogen and oxygen atoms in total. The molecule has 0 aliphatic carbocycles. The van der Waals surface area contributed by atoms with E-state index in [0.29, 0.717) is 0 Å². The van der Waals surface area contributed by atoms with Crippen LogP contribution in [0.1, 0.15) is 12.8 Å². The summed E-state index contributed by atoms with van der Waals surface area (Å²) in [4.78, 5) is 41.9. The smallest absolute Gasteiger partial charge is 0.335 e. The minimum atomic E-state index is -4.46. The summed E-state index contributed by atoms with van der Waals surface area (Å²) in [6.07, 6.45) is -1.31. The molecule has 0 aromatic heterocycles. The second-order valence-corrected chi connectivity index (χ2v) is 6.44. The predicted octanol–water partition coefficient (Wildman–Crippen LogP) is 0.430. The standard InChI is InChI=1S/C12H15O10P/c13-10(14)2-1-9(12(17)18)22-23(19,20)6-8-5-7(11(15)16)3-4-21-8/h3-5,8-9H,1-2,6H2,(H,13,14)(H,15,16)(H,17,18)(H,19,20). The summed E-state index contributed by atoms with van der Waals surface area (Å²) in [5.41, 5.74) is -0.151. The minimum Gasteiger partial charge on any atom is -0.493 e. The molecule has 128 valence electrons. The van der Waals surface area contributed by atoms with Crippen LogP contribution < -0.4 is 0 Å². The van der Waals surface area contributed by atoms with Gasteiger partial charge in [0, 0.05) is 6.42 Å². The van der Waals surface area contributed by atoms with Crippen LogP contribution in [0.15, 0.2) is 24.0 Å². The molecule has 0 bridgehead atoms. The van der Waals surface area contributed by atoms with Crippen molar-refractivity contribution < 1.29 is 48.4 Å². The minimum absolute atomic E-state index is 0.151. The van der Waals surface area contributed by atoms with Crippen LogP contribution in [0.3, 0.4) is 0 Å². The Hall–Kier alpha value is -2.16. The first-order chi connectivity index (χ1) is 10.6. The van der Waals surface area contributed by atoms with E-state index in [9.17, 15) is 23.8 Å². The van der Waals surface area contributed by atoms with Gasteiger partial charge in [-0.3, -0.25) is 13.9 Å². The van der Waals surface area contributed by atoms with Gasteiger partial charge in [-0.05, 0) is 18.6 Å². The Bertz CT molecular complexity index is 593. The summed E-state index contributed by atoms with van der Waals surface area (Å²) >= 11 is 0. The molecule has 0 spiro atoms. The summed E-state index contributed by atoms with van der Waals surface area (Å²) in [5.74, 6) is -4.11. The van der Waals surface area contributed by atoms with Gasteiger partial charge in [0.1, 0.15) is 6.10 Å². The van der Waals surface area contributed by atoms with Crippen molar-refractivity contribution in [3.05, 3.63) is 24.0 Å². The lowest BCUT2D eigenvalue weighted by Gasteiger charge is -2.22. The van der Waals surface area contributed by atoms with E-state index >= 15 is 0 Å². The highest BCUT2D eigenvalue weighted by molar-refractivity contribution is 7.52. The fourth-order valence-electron chi connectivity index (χ4n) is 1.69. The molecule has 0 saturated carbocycles. The van der Waals surface area contributed by atoms with Gasteiger partial charge < -0.3 is 24.9 Å². The number of carboxylic acid groups (broad SMARTS) is 3. The molecule has 4 N–H and O–H groups in total. The first-order valence-electron chi connectivity index (χ1n) is 6.32. The number of hydrogen-bond donors (Lipinski definition) is 4. The van der Waals surface area contributed by atoms with Crippen LogP contribution in [0.5, 0.6) is 0 Å². The van der Waals surface area contributed by atoms with Crippen molar-refractivity contribution in [2.75, 3.05) is 6.16 Å². The monoisotopic (exact) mass is 350 g/mol. The van der Waals surface area contributed by atoms with Gasteiger partial charge >= 0.3 is 25.5 Å². The molecule has 3 atom stereocenters. The zero-order chi connectivity index (χ0) is 17.6. The lowest BCUT2D eigenvalue weighted by molar-refractivity contribution is -0.146. The number of aliphatic carboxylic acids is 3. The van der Waals surface area contributed by atoms with E-state index in [1.165, 1.54) is 0 Å². The molecular formula is C12H15O10P. The van der Waals surface area contributed by atoms with Crippen molar-refractivity contribution in [3.63, 3.8) is 0 Å². The molecule has 0 saturated heterocycles. The molecule has 0 radical (unpaired) electrons. The third-order valence-electron chi connectivity index (χ3n) is 2.71. The third kappa shape index (κ3) is 6.64. The van der Waals surface area contributed by atoms with Crippen LogP contribution in [0.4, 0.5) is 0 Å². The first-order valence-corrected chi connectivity index (χ1v) is 8.09. The van der Waals surface area contributed by atoms with Crippen molar-refractivity contribution in [2.45, 2.75) is 25.0 Å². The molecule has 0 aromatic rings.